The number of nitrogens with one attached hydrogen (secondary N) is 1. The second kappa shape index (κ2) is 3.53. The van der Waals surface area contributed by atoms with Gasteiger partial charge in [-0.1, -0.05) is 25.9 Å². The number of nitrogens with zero attached hydrogens (tertiary/aromatic N) is 1. The molecule has 0 aromatic carbocycles. The largest absolute Gasteiger partial charge is 0.337 e. The number of H-pyrrole nitrogens is 1. The normalized spacial score (nSPS) is 11.5. The molecule has 0 unspecified atom stereocenters. The predicted molar refractivity (Wildman–Crippen MR) is 58.1 cm³/mol. The fourth-order valence-electron chi connectivity index (χ4n) is 1.60. The summed E-state index contributed by atoms with van der Waals surface area (Å²) >= 11 is 0. The van der Waals surface area contributed by atoms with Crippen LogP contribution < -0.4 is 5.43 Å². The SMILES string of the molecule is CCc1noc2[nH]c(C(C)C)cc(=O)c12. The molecule has 2 aromatic heterocycles. The molecular formula is C11H14N2O2. The van der Waals surface area contributed by atoms with Crippen molar-refractivity contribution in [2.24, 2.45) is 0 Å². The number of hydrogen-bond donors (Lipinski definition) is 1. The molecule has 4 nitrogen and oxygen atoms in total. The molecule has 0 amide bonds. The Morgan fingerprint density at radius 1 is 1.53 bits per heavy atom. The summed E-state index contributed by atoms with van der Waals surface area (Å²) < 4.78 is 5.11. The van der Waals surface area contributed by atoms with Crippen molar-refractivity contribution in [3.05, 3.63) is 27.7 Å². The zero-order chi connectivity index (χ0) is 11.0. The molecule has 0 saturated carbocycles. The predicted octanol–water partition coefficient (Wildman–Crippen LogP) is 2.20. The summed E-state index contributed by atoms with van der Waals surface area (Å²) in [6.07, 6.45) is 0.705. The van der Waals surface area contributed by atoms with Crippen LogP contribution in [0.15, 0.2) is 15.4 Å². The van der Waals surface area contributed by atoms with Crippen LogP contribution in [0.4, 0.5) is 0 Å². The molecule has 0 fully saturated rings. The molecular weight excluding hydrogens is 192 g/mol. The fraction of sp³-hybridized carbons (Fsp3) is 0.455. The molecule has 0 aliphatic carbocycles. The zero-order valence-electron chi connectivity index (χ0n) is 9.13. The van der Waals surface area contributed by atoms with Gasteiger partial charge in [0.1, 0.15) is 5.39 Å². The molecule has 0 radical (unpaired) electrons. The third kappa shape index (κ3) is 1.56. The molecule has 15 heavy (non-hydrogen) atoms. The van der Waals surface area contributed by atoms with Crippen molar-refractivity contribution >= 4 is 11.1 Å². The van der Waals surface area contributed by atoms with Gasteiger partial charge in [0.05, 0.1) is 5.69 Å². The van der Waals surface area contributed by atoms with Gasteiger partial charge >= 0.3 is 0 Å². The van der Waals surface area contributed by atoms with Crippen LogP contribution in [0, 0.1) is 0 Å². The Hall–Kier alpha value is -1.58. The summed E-state index contributed by atoms with van der Waals surface area (Å²) in [5.41, 5.74) is 2.08. The maximum absolute atomic E-state index is 11.8. The van der Waals surface area contributed by atoms with Crippen LogP contribution in [0.25, 0.3) is 11.1 Å². The summed E-state index contributed by atoms with van der Waals surface area (Å²) in [5, 5.41) is 4.45. The van der Waals surface area contributed by atoms with E-state index in [4.69, 9.17) is 4.52 Å². The zero-order valence-corrected chi connectivity index (χ0v) is 9.13. The number of aromatic amines is 1. The van der Waals surface area contributed by atoms with Crippen LogP contribution in [0.1, 0.15) is 38.1 Å². The summed E-state index contributed by atoms with van der Waals surface area (Å²) in [4.78, 5) is 14.9. The minimum atomic E-state index is -0.00875. The second-order valence-corrected chi connectivity index (χ2v) is 3.93. The Kier molecular flexibility index (Phi) is 2.34. The summed E-state index contributed by atoms with van der Waals surface area (Å²) in [6, 6.07) is 1.63. The average Bonchev–Trinajstić information content (AvgIpc) is 2.60. The van der Waals surface area contributed by atoms with Gasteiger partial charge in [-0.2, -0.15) is 0 Å². The minimum Gasteiger partial charge on any atom is -0.337 e. The minimum absolute atomic E-state index is 0.00875. The Bertz CT molecular complexity index is 537. The summed E-state index contributed by atoms with van der Waals surface area (Å²) in [5.74, 6) is 0.275. The van der Waals surface area contributed by atoms with Crippen molar-refractivity contribution in [1.29, 1.82) is 0 Å². The number of rotatable bonds is 2. The first-order valence-corrected chi connectivity index (χ1v) is 5.15. The van der Waals surface area contributed by atoms with Gasteiger partial charge in [-0.15, -0.1) is 0 Å². The highest BCUT2D eigenvalue weighted by Crippen LogP contribution is 2.16. The van der Waals surface area contributed by atoms with E-state index in [1.807, 2.05) is 20.8 Å². The number of pyridine rings is 1. The topological polar surface area (TPSA) is 58.9 Å². The standard InChI is InChI=1S/C11H14N2O2/c1-4-7-10-9(14)5-8(6(2)3)12-11(10)15-13-7/h5-6H,4H2,1-3H3,(H,12,14). The van der Waals surface area contributed by atoms with Gasteiger partial charge in [-0.25, -0.2) is 0 Å². The lowest BCUT2D eigenvalue weighted by Gasteiger charge is -2.03. The van der Waals surface area contributed by atoms with Gasteiger partial charge in [0.2, 0.25) is 5.71 Å². The van der Waals surface area contributed by atoms with Gasteiger partial charge in [0.15, 0.2) is 5.43 Å². The average molecular weight is 206 g/mol. The first kappa shape index (κ1) is 9.96. The lowest BCUT2D eigenvalue weighted by Crippen LogP contribution is -2.06. The van der Waals surface area contributed by atoms with Crippen LogP contribution >= 0.6 is 0 Å². The van der Waals surface area contributed by atoms with E-state index in [1.165, 1.54) is 0 Å². The monoisotopic (exact) mass is 206 g/mol. The highest BCUT2D eigenvalue weighted by atomic mass is 16.5. The fourth-order valence-corrected chi connectivity index (χ4v) is 1.60. The summed E-state index contributed by atoms with van der Waals surface area (Å²) in [6.45, 7) is 6.00. The summed E-state index contributed by atoms with van der Waals surface area (Å²) in [7, 11) is 0. The van der Waals surface area contributed by atoms with Crippen molar-refractivity contribution in [3.8, 4) is 0 Å². The Morgan fingerprint density at radius 3 is 2.87 bits per heavy atom. The number of fused-ring (bicyclic) bond motifs is 1. The van der Waals surface area contributed by atoms with E-state index in [2.05, 4.69) is 10.1 Å². The Labute approximate surface area is 87.3 Å². The maximum Gasteiger partial charge on any atom is 0.240 e. The van der Waals surface area contributed by atoms with Crippen LogP contribution in [-0.4, -0.2) is 10.1 Å². The van der Waals surface area contributed by atoms with Crippen molar-refractivity contribution < 1.29 is 4.52 Å². The van der Waals surface area contributed by atoms with E-state index >= 15 is 0 Å². The molecule has 2 rings (SSSR count). The van der Waals surface area contributed by atoms with Crippen LogP contribution in [0.3, 0.4) is 0 Å². The van der Waals surface area contributed by atoms with Crippen molar-refractivity contribution in [2.45, 2.75) is 33.1 Å². The highest BCUT2D eigenvalue weighted by molar-refractivity contribution is 5.75. The smallest absolute Gasteiger partial charge is 0.240 e. The number of aryl methyl sites for hydroxylation is 1. The van der Waals surface area contributed by atoms with Gasteiger partial charge in [0, 0.05) is 11.8 Å². The molecule has 2 heterocycles. The van der Waals surface area contributed by atoms with Crippen LogP contribution in [0.5, 0.6) is 0 Å². The molecule has 0 aliphatic heterocycles. The van der Waals surface area contributed by atoms with E-state index in [0.29, 0.717) is 17.5 Å². The Morgan fingerprint density at radius 2 is 2.27 bits per heavy atom. The maximum atomic E-state index is 11.8. The third-order valence-electron chi connectivity index (χ3n) is 2.51. The second-order valence-electron chi connectivity index (χ2n) is 3.93. The van der Waals surface area contributed by atoms with E-state index < -0.39 is 0 Å². The van der Waals surface area contributed by atoms with E-state index in [-0.39, 0.29) is 11.3 Å². The van der Waals surface area contributed by atoms with E-state index in [9.17, 15) is 4.79 Å². The molecule has 0 bridgehead atoms. The van der Waals surface area contributed by atoms with Gasteiger partial charge in [-0.3, -0.25) is 4.79 Å². The van der Waals surface area contributed by atoms with Crippen molar-refractivity contribution in [1.82, 2.24) is 10.1 Å². The first-order chi connectivity index (χ1) is 7.13. The number of hydrogen-bond acceptors (Lipinski definition) is 3. The molecule has 0 saturated heterocycles. The lowest BCUT2D eigenvalue weighted by atomic mass is 10.1. The molecule has 0 spiro atoms. The third-order valence-corrected chi connectivity index (χ3v) is 2.51. The first-order valence-electron chi connectivity index (χ1n) is 5.15. The van der Waals surface area contributed by atoms with Crippen molar-refractivity contribution in [2.75, 3.05) is 0 Å². The van der Waals surface area contributed by atoms with E-state index in [0.717, 1.165) is 11.4 Å². The van der Waals surface area contributed by atoms with Crippen LogP contribution in [0.2, 0.25) is 0 Å². The lowest BCUT2D eigenvalue weighted by molar-refractivity contribution is 0.438. The molecule has 0 atom stereocenters. The number of aromatic nitrogens is 2. The molecule has 2 aromatic rings. The molecule has 4 heteroatoms. The van der Waals surface area contributed by atoms with Crippen LogP contribution in [-0.2, 0) is 6.42 Å². The molecule has 1 N–H and O–H groups in total. The Balaban J connectivity index is 2.75. The van der Waals surface area contributed by atoms with E-state index in [1.54, 1.807) is 6.07 Å². The van der Waals surface area contributed by atoms with Gasteiger partial charge in [0.25, 0.3) is 0 Å². The quantitative estimate of drug-likeness (QED) is 0.819. The van der Waals surface area contributed by atoms with Gasteiger partial charge < -0.3 is 9.51 Å². The van der Waals surface area contributed by atoms with Crippen molar-refractivity contribution in [3.63, 3.8) is 0 Å². The molecule has 0 aliphatic rings. The molecule has 80 valence electrons. The highest BCUT2D eigenvalue weighted by Gasteiger charge is 2.12. The van der Waals surface area contributed by atoms with Gasteiger partial charge in [-0.05, 0) is 12.3 Å².